The van der Waals surface area contributed by atoms with Crippen molar-refractivity contribution in [2.24, 2.45) is 0 Å². The molecule has 2 N–H and O–H groups in total. The standard InChI is InChI=1S/C26H24N4O5S/c1-2-35-18-12-8-16(9-13-18)21-22-19(4-3-5-20(22)31)27-24-23(21)25(32)29-26(28-24)36-14-15-6-10-17(11-7-15)30(33)34/h6-13,21H,2-5,14H2,1H3,(H2,27,28,29,32). The molecular weight excluding hydrogens is 480 g/mol. The smallest absolute Gasteiger partial charge is 0.269 e. The van der Waals surface area contributed by atoms with Crippen LogP contribution < -0.4 is 15.6 Å². The molecule has 1 aliphatic heterocycles. The number of nitrogens with one attached hydrogen (secondary N) is 2. The number of ketones is 1. The van der Waals surface area contributed by atoms with Gasteiger partial charge in [-0.2, -0.15) is 0 Å². The molecule has 9 nitrogen and oxygen atoms in total. The number of benzene rings is 2. The highest BCUT2D eigenvalue weighted by molar-refractivity contribution is 7.98. The first-order valence-corrected chi connectivity index (χ1v) is 12.7. The summed E-state index contributed by atoms with van der Waals surface area (Å²) in [5, 5.41) is 14.6. The first-order valence-electron chi connectivity index (χ1n) is 11.7. The van der Waals surface area contributed by atoms with Gasteiger partial charge in [-0.3, -0.25) is 19.7 Å². The van der Waals surface area contributed by atoms with E-state index in [1.807, 2.05) is 31.2 Å². The predicted octanol–water partition coefficient (Wildman–Crippen LogP) is 4.93. The number of nitro groups is 1. The Bertz CT molecular complexity index is 1410. The van der Waals surface area contributed by atoms with Crippen molar-refractivity contribution in [3.8, 4) is 5.75 Å². The van der Waals surface area contributed by atoms with Gasteiger partial charge in [0, 0.05) is 41.5 Å². The number of thioether (sulfide) groups is 1. The van der Waals surface area contributed by atoms with Crippen LogP contribution in [-0.4, -0.2) is 27.3 Å². The molecule has 2 aliphatic rings. The zero-order valence-corrected chi connectivity index (χ0v) is 20.4. The van der Waals surface area contributed by atoms with E-state index in [4.69, 9.17) is 9.72 Å². The summed E-state index contributed by atoms with van der Waals surface area (Å²) in [6, 6.07) is 13.8. The molecule has 0 fully saturated rings. The van der Waals surface area contributed by atoms with Crippen molar-refractivity contribution in [3.63, 3.8) is 0 Å². The molecule has 5 rings (SSSR count). The van der Waals surface area contributed by atoms with Crippen molar-refractivity contribution in [2.45, 2.75) is 43.0 Å². The maximum absolute atomic E-state index is 13.4. The van der Waals surface area contributed by atoms with Crippen molar-refractivity contribution in [2.75, 3.05) is 11.9 Å². The number of aromatic amines is 1. The molecule has 0 saturated carbocycles. The Kier molecular flexibility index (Phi) is 6.60. The SMILES string of the molecule is CCOc1ccc(C2C3=C(CCCC3=O)Nc3nc(SCc4ccc([N+](=O)[O-])cc4)[nH]c(=O)c32)cc1. The van der Waals surface area contributed by atoms with Crippen LogP contribution in [0.3, 0.4) is 0 Å². The van der Waals surface area contributed by atoms with E-state index in [0.29, 0.717) is 47.3 Å². The van der Waals surface area contributed by atoms with Gasteiger partial charge in [0.2, 0.25) is 0 Å². The highest BCUT2D eigenvalue weighted by Gasteiger charge is 2.37. The lowest BCUT2D eigenvalue weighted by Gasteiger charge is -2.32. The number of nitrogens with zero attached hydrogens (tertiary/aromatic N) is 2. The number of non-ortho nitro benzene ring substituents is 1. The van der Waals surface area contributed by atoms with Gasteiger partial charge in [0.15, 0.2) is 10.9 Å². The van der Waals surface area contributed by atoms with E-state index >= 15 is 0 Å². The first-order chi connectivity index (χ1) is 17.4. The number of carbonyl (C=O) groups is 1. The maximum Gasteiger partial charge on any atom is 0.269 e. The van der Waals surface area contributed by atoms with Crippen LogP contribution in [0.2, 0.25) is 0 Å². The molecule has 184 valence electrons. The van der Waals surface area contributed by atoms with Gasteiger partial charge in [-0.25, -0.2) is 4.98 Å². The molecule has 36 heavy (non-hydrogen) atoms. The van der Waals surface area contributed by atoms with Gasteiger partial charge in [0.1, 0.15) is 11.6 Å². The molecule has 0 bridgehead atoms. The Morgan fingerprint density at radius 2 is 1.86 bits per heavy atom. The fourth-order valence-electron chi connectivity index (χ4n) is 4.63. The maximum atomic E-state index is 13.4. The summed E-state index contributed by atoms with van der Waals surface area (Å²) in [4.78, 5) is 44.4. The van der Waals surface area contributed by atoms with Gasteiger partial charge in [-0.15, -0.1) is 0 Å². The van der Waals surface area contributed by atoms with Crippen molar-refractivity contribution >= 4 is 29.1 Å². The molecule has 0 amide bonds. The van der Waals surface area contributed by atoms with Gasteiger partial charge >= 0.3 is 0 Å². The molecule has 2 aromatic carbocycles. The van der Waals surface area contributed by atoms with Crippen molar-refractivity contribution in [1.29, 1.82) is 0 Å². The summed E-state index contributed by atoms with van der Waals surface area (Å²) < 4.78 is 5.56. The average molecular weight is 505 g/mol. The lowest BCUT2D eigenvalue weighted by molar-refractivity contribution is -0.384. The van der Waals surface area contributed by atoms with Crippen LogP contribution in [-0.2, 0) is 10.5 Å². The fraction of sp³-hybridized carbons (Fsp3) is 0.269. The number of anilines is 1. The van der Waals surface area contributed by atoms with Crippen LogP contribution in [0, 0.1) is 10.1 Å². The Morgan fingerprint density at radius 1 is 1.11 bits per heavy atom. The van der Waals surface area contributed by atoms with Crippen LogP contribution >= 0.6 is 11.8 Å². The highest BCUT2D eigenvalue weighted by Crippen LogP contribution is 2.43. The average Bonchev–Trinajstić information content (AvgIpc) is 2.87. The molecule has 3 aromatic rings. The van der Waals surface area contributed by atoms with Crippen LogP contribution in [0.25, 0.3) is 0 Å². The Labute approximate surface area is 211 Å². The number of ether oxygens (including phenoxy) is 1. The lowest BCUT2D eigenvalue weighted by Crippen LogP contribution is -2.32. The van der Waals surface area contributed by atoms with Crippen LogP contribution in [0.5, 0.6) is 5.75 Å². The number of aromatic nitrogens is 2. The Hall–Kier alpha value is -3.92. The minimum Gasteiger partial charge on any atom is -0.494 e. The molecule has 0 spiro atoms. The molecule has 1 aromatic heterocycles. The summed E-state index contributed by atoms with van der Waals surface area (Å²) in [5.74, 6) is 1.20. The third-order valence-corrected chi connectivity index (χ3v) is 7.23. The van der Waals surface area contributed by atoms with Crippen molar-refractivity contribution in [3.05, 3.63) is 97.0 Å². The van der Waals surface area contributed by atoms with E-state index in [-0.39, 0.29) is 17.0 Å². The van der Waals surface area contributed by atoms with E-state index < -0.39 is 10.8 Å². The summed E-state index contributed by atoms with van der Waals surface area (Å²) in [5.41, 5.74) is 3.31. The second-order valence-corrected chi connectivity index (χ2v) is 9.54. The fourth-order valence-corrected chi connectivity index (χ4v) is 5.45. The van der Waals surface area contributed by atoms with Gasteiger partial charge in [0.05, 0.1) is 17.1 Å². The quantitative estimate of drug-likeness (QED) is 0.201. The van der Waals surface area contributed by atoms with Crippen molar-refractivity contribution < 1.29 is 14.5 Å². The van der Waals surface area contributed by atoms with Crippen molar-refractivity contribution in [1.82, 2.24) is 9.97 Å². The number of carbonyl (C=O) groups excluding carboxylic acids is 1. The van der Waals surface area contributed by atoms with E-state index in [2.05, 4.69) is 10.3 Å². The number of rotatable bonds is 7. The summed E-state index contributed by atoms with van der Waals surface area (Å²) >= 11 is 1.33. The molecule has 0 saturated heterocycles. The number of nitro benzene ring substituents is 1. The second-order valence-electron chi connectivity index (χ2n) is 8.57. The van der Waals surface area contributed by atoms with E-state index in [0.717, 1.165) is 29.0 Å². The molecule has 0 radical (unpaired) electrons. The van der Waals surface area contributed by atoms with E-state index in [1.54, 1.807) is 12.1 Å². The van der Waals surface area contributed by atoms with Crippen LogP contribution in [0.1, 0.15) is 48.8 Å². The third-order valence-electron chi connectivity index (χ3n) is 6.28. The largest absolute Gasteiger partial charge is 0.494 e. The molecule has 1 aliphatic carbocycles. The number of H-pyrrole nitrogens is 1. The summed E-state index contributed by atoms with van der Waals surface area (Å²) in [6.45, 7) is 2.46. The first kappa shape index (κ1) is 23.8. The third kappa shape index (κ3) is 4.64. The minimum atomic E-state index is -0.510. The second kappa shape index (κ2) is 9.98. The number of fused-ring (bicyclic) bond motifs is 1. The lowest BCUT2D eigenvalue weighted by atomic mass is 9.76. The van der Waals surface area contributed by atoms with E-state index in [9.17, 15) is 19.7 Å². The van der Waals surface area contributed by atoms with E-state index in [1.165, 1.54) is 23.9 Å². The van der Waals surface area contributed by atoms with Gasteiger partial charge in [-0.1, -0.05) is 36.0 Å². The number of Topliss-reactive ketones (excluding diaryl/α,β-unsaturated/α-hetero) is 1. The normalized spacial score (nSPS) is 16.7. The molecule has 1 atom stereocenters. The molecular formula is C26H24N4O5S. The minimum absolute atomic E-state index is 0.0275. The monoisotopic (exact) mass is 504 g/mol. The molecule has 2 heterocycles. The number of hydrogen-bond donors (Lipinski definition) is 2. The topological polar surface area (TPSA) is 127 Å². The Balaban J connectivity index is 1.48. The van der Waals surface area contributed by atoms with Gasteiger partial charge in [0.25, 0.3) is 11.2 Å². The summed E-state index contributed by atoms with van der Waals surface area (Å²) in [7, 11) is 0. The van der Waals surface area contributed by atoms with Crippen LogP contribution in [0.4, 0.5) is 11.5 Å². The predicted molar refractivity (Wildman–Crippen MR) is 136 cm³/mol. The zero-order chi connectivity index (χ0) is 25.2. The van der Waals surface area contributed by atoms with Gasteiger partial charge < -0.3 is 15.0 Å². The number of hydrogen-bond acceptors (Lipinski definition) is 8. The molecule has 10 heteroatoms. The Morgan fingerprint density at radius 3 is 2.56 bits per heavy atom. The van der Waals surface area contributed by atoms with Crippen LogP contribution in [0.15, 0.2) is 69.8 Å². The summed E-state index contributed by atoms with van der Waals surface area (Å²) in [6.07, 6.45) is 1.92. The van der Waals surface area contributed by atoms with Gasteiger partial charge in [-0.05, 0) is 43.0 Å². The highest BCUT2D eigenvalue weighted by atomic mass is 32.2. The molecule has 1 unspecified atom stereocenters. The zero-order valence-electron chi connectivity index (χ0n) is 19.6. The number of allylic oxidation sites excluding steroid dienone is 2.